The molecule has 0 saturated carbocycles. The molecular formula is C13H16N2O. The molecule has 0 amide bonds. The van der Waals surface area contributed by atoms with Crippen LogP contribution in [-0.4, -0.2) is 14.9 Å². The molecule has 2 rings (SSSR count). The molecule has 0 aliphatic rings. The molecule has 0 atom stereocenters. The van der Waals surface area contributed by atoms with Gasteiger partial charge in [0.05, 0.1) is 18.0 Å². The number of aromatic nitrogens is 2. The van der Waals surface area contributed by atoms with Gasteiger partial charge in [-0.15, -0.1) is 0 Å². The molecule has 0 radical (unpaired) electrons. The van der Waals surface area contributed by atoms with Crippen LogP contribution in [0.4, 0.5) is 0 Å². The van der Waals surface area contributed by atoms with E-state index in [0.29, 0.717) is 11.6 Å². The Kier molecular flexibility index (Phi) is 3.06. The summed E-state index contributed by atoms with van der Waals surface area (Å²) in [6.45, 7) is 4.31. The van der Waals surface area contributed by atoms with Crippen LogP contribution in [-0.2, 0) is 6.61 Å². The van der Waals surface area contributed by atoms with E-state index < -0.39 is 0 Å². The average molecular weight is 216 g/mol. The van der Waals surface area contributed by atoms with Crippen LogP contribution in [0.2, 0.25) is 0 Å². The lowest BCUT2D eigenvalue weighted by Crippen LogP contribution is -2.02. The van der Waals surface area contributed by atoms with E-state index >= 15 is 0 Å². The highest BCUT2D eigenvalue weighted by Gasteiger charge is 2.08. The van der Waals surface area contributed by atoms with Crippen molar-refractivity contribution in [2.45, 2.75) is 26.4 Å². The van der Waals surface area contributed by atoms with E-state index in [9.17, 15) is 0 Å². The van der Waals surface area contributed by atoms with Crippen LogP contribution in [0.25, 0.3) is 5.69 Å². The molecule has 3 nitrogen and oxygen atoms in total. The van der Waals surface area contributed by atoms with Gasteiger partial charge in [-0.1, -0.05) is 32.0 Å². The molecule has 1 N–H and O–H groups in total. The molecule has 3 heteroatoms. The van der Waals surface area contributed by atoms with Crippen molar-refractivity contribution < 1.29 is 5.11 Å². The molecule has 84 valence electrons. The zero-order valence-electron chi connectivity index (χ0n) is 9.59. The first-order valence-corrected chi connectivity index (χ1v) is 5.47. The summed E-state index contributed by atoms with van der Waals surface area (Å²) in [5, 5.41) is 13.3. The summed E-state index contributed by atoms with van der Waals surface area (Å²) in [6, 6.07) is 10.0. The number of nitrogens with zero attached hydrogens (tertiary/aromatic N) is 2. The fourth-order valence-electron chi connectivity index (χ4n) is 1.76. The van der Waals surface area contributed by atoms with Gasteiger partial charge in [-0.3, -0.25) is 0 Å². The predicted octanol–water partition coefficient (Wildman–Crippen LogP) is 2.49. The van der Waals surface area contributed by atoms with Gasteiger partial charge in [0.2, 0.25) is 0 Å². The Balaban J connectivity index is 2.46. The van der Waals surface area contributed by atoms with Crippen molar-refractivity contribution in [2.75, 3.05) is 0 Å². The second-order valence-electron chi connectivity index (χ2n) is 4.12. The molecule has 0 aliphatic carbocycles. The SMILES string of the molecule is CC(C)c1ccccc1-n1ccc(CO)n1. The number of para-hydroxylation sites is 1. The van der Waals surface area contributed by atoms with Gasteiger partial charge in [-0.25, -0.2) is 4.68 Å². The topological polar surface area (TPSA) is 38.0 Å². The van der Waals surface area contributed by atoms with Gasteiger partial charge >= 0.3 is 0 Å². The summed E-state index contributed by atoms with van der Waals surface area (Å²) >= 11 is 0. The predicted molar refractivity (Wildman–Crippen MR) is 63.6 cm³/mol. The average Bonchev–Trinajstić information content (AvgIpc) is 2.77. The van der Waals surface area contributed by atoms with Crippen molar-refractivity contribution in [3.8, 4) is 5.69 Å². The lowest BCUT2D eigenvalue weighted by Gasteiger charge is -2.12. The van der Waals surface area contributed by atoms with Crippen LogP contribution in [0.5, 0.6) is 0 Å². The van der Waals surface area contributed by atoms with E-state index in [0.717, 1.165) is 5.69 Å². The first-order chi connectivity index (χ1) is 7.72. The minimum absolute atomic E-state index is 0.0170. The Labute approximate surface area is 95.3 Å². The zero-order valence-corrected chi connectivity index (χ0v) is 9.59. The van der Waals surface area contributed by atoms with Gasteiger partial charge in [0.15, 0.2) is 0 Å². The summed E-state index contributed by atoms with van der Waals surface area (Å²) < 4.78 is 1.82. The highest BCUT2D eigenvalue weighted by atomic mass is 16.3. The Bertz CT molecular complexity index is 474. The maximum Gasteiger partial charge on any atom is 0.0883 e. The number of hydrogen-bond acceptors (Lipinski definition) is 2. The summed E-state index contributed by atoms with van der Waals surface area (Å²) in [4.78, 5) is 0. The van der Waals surface area contributed by atoms with E-state index in [1.807, 2.05) is 35.1 Å². The molecule has 0 saturated heterocycles. The van der Waals surface area contributed by atoms with Crippen molar-refractivity contribution in [2.24, 2.45) is 0 Å². The van der Waals surface area contributed by atoms with E-state index in [-0.39, 0.29) is 6.61 Å². The molecule has 1 aromatic carbocycles. The van der Waals surface area contributed by atoms with E-state index in [2.05, 4.69) is 25.0 Å². The van der Waals surface area contributed by atoms with Gasteiger partial charge in [-0.05, 0) is 23.6 Å². The van der Waals surface area contributed by atoms with Crippen molar-refractivity contribution in [1.82, 2.24) is 9.78 Å². The monoisotopic (exact) mass is 216 g/mol. The first kappa shape index (κ1) is 10.9. The van der Waals surface area contributed by atoms with Crippen molar-refractivity contribution in [3.05, 3.63) is 47.8 Å². The Hall–Kier alpha value is -1.61. The number of hydrogen-bond donors (Lipinski definition) is 1. The highest BCUT2D eigenvalue weighted by Crippen LogP contribution is 2.22. The fraction of sp³-hybridized carbons (Fsp3) is 0.308. The molecule has 0 unspecified atom stereocenters. The molecule has 0 spiro atoms. The lowest BCUT2D eigenvalue weighted by atomic mass is 10.0. The van der Waals surface area contributed by atoms with Gasteiger partial charge in [-0.2, -0.15) is 5.10 Å². The molecule has 2 aromatic rings. The van der Waals surface area contributed by atoms with Crippen LogP contribution in [0.3, 0.4) is 0 Å². The van der Waals surface area contributed by atoms with Crippen molar-refractivity contribution >= 4 is 0 Å². The molecule has 1 heterocycles. The second-order valence-corrected chi connectivity index (χ2v) is 4.12. The van der Waals surface area contributed by atoms with Crippen LogP contribution in [0.15, 0.2) is 36.5 Å². The second kappa shape index (κ2) is 4.49. The van der Waals surface area contributed by atoms with E-state index in [1.165, 1.54) is 5.56 Å². The standard InChI is InChI=1S/C13H16N2O/c1-10(2)12-5-3-4-6-13(12)15-8-7-11(9-16)14-15/h3-8,10,16H,9H2,1-2H3. The minimum atomic E-state index is -0.0170. The molecule has 16 heavy (non-hydrogen) atoms. The maximum atomic E-state index is 9.00. The summed E-state index contributed by atoms with van der Waals surface area (Å²) in [6.07, 6.45) is 1.88. The maximum absolute atomic E-state index is 9.00. The highest BCUT2D eigenvalue weighted by molar-refractivity contribution is 5.42. The lowest BCUT2D eigenvalue weighted by molar-refractivity contribution is 0.276. The summed E-state index contributed by atoms with van der Waals surface area (Å²) in [5.41, 5.74) is 3.03. The van der Waals surface area contributed by atoms with Crippen molar-refractivity contribution in [1.29, 1.82) is 0 Å². The Morgan fingerprint density at radius 3 is 2.62 bits per heavy atom. The zero-order chi connectivity index (χ0) is 11.5. The van der Waals surface area contributed by atoms with Crippen LogP contribution < -0.4 is 0 Å². The number of rotatable bonds is 3. The third kappa shape index (κ3) is 1.99. The van der Waals surface area contributed by atoms with Crippen LogP contribution in [0.1, 0.15) is 31.0 Å². The van der Waals surface area contributed by atoms with E-state index in [1.54, 1.807) is 0 Å². The Morgan fingerprint density at radius 1 is 1.25 bits per heavy atom. The molecular weight excluding hydrogens is 200 g/mol. The van der Waals surface area contributed by atoms with Gasteiger partial charge in [0.1, 0.15) is 0 Å². The van der Waals surface area contributed by atoms with E-state index in [4.69, 9.17) is 5.11 Å². The largest absolute Gasteiger partial charge is 0.390 e. The third-order valence-electron chi connectivity index (χ3n) is 2.61. The smallest absolute Gasteiger partial charge is 0.0883 e. The quantitative estimate of drug-likeness (QED) is 0.856. The first-order valence-electron chi connectivity index (χ1n) is 5.47. The van der Waals surface area contributed by atoms with Crippen molar-refractivity contribution in [3.63, 3.8) is 0 Å². The third-order valence-corrected chi connectivity index (χ3v) is 2.61. The fourth-order valence-corrected chi connectivity index (χ4v) is 1.76. The minimum Gasteiger partial charge on any atom is -0.390 e. The molecule has 0 aliphatic heterocycles. The molecule has 0 fully saturated rings. The van der Waals surface area contributed by atoms with Gasteiger partial charge in [0, 0.05) is 6.20 Å². The van der Waals surface area contributed by atoms with Gasteiger partial charge < -0.3 is 5.11 Å². The molecule has 1 aromatic heterocycles. The number of aliphatic hydroxyl groups is 1. The normalized spacial score (nSPS) is 11.0. The molecule has 0 bridgehead atoms. The number of benzene rings is 1. The number of aliphatic hydroxyl groups excluding tert-OH is 1. The van der Waals surface area contributed by atoms with Gasteiger partial charge in [0.25, 0.3) is 0 Å². The van der Waals surface area contributed by atoms with Crippen LogP contribution >= 0.6 is 0 Å². The van der Waals surface area contributed by atoms with Crippen LogP contribution in [0, 0.1) is 0 Å². The summed E-state index contributed by atoms with van der Waals surface area (Å²) in [5.74, 6) is 0.456. The Morgan fingerprint density at radius 2 is 2.00 bits per heavy atom. The summed E-state index contributed by atoms with van der Waals surface area (Å²) in [7, 11) is 0.